The molecule has 0 spiro atoms. The molecule has 90 valence electrons. The van der Waals surface area contributed by atoms with E-state index in [9.17, 15) is 14.9 Å². The van der Waals surface area contributed by atoms with Gasteiger partial charge >= 0.3 is 0 Å². The summed E-state index contributed by atoms with van der Waals surface area (Å²) < 4.78 is 0. The van der Waals surface area contributed by atoms with Crippen molar-refractivity contribution >= 4 is 17.4 Å². The van der Waals surface area contributed by atoms with E-state index in [0.29, 0.717) is 17.3 Å². The smallest absolute Gasteiger partial charge is 0.214 e. The van der Waals surface area contributed by atoms with Gasteiger partial charge in [0.05, 0.1) is 11.6 Å². The van der Waals surface area contributed by atoms with Gasteiger partial charge in [-0.25, -0.2) is 4.98 Å². The summed E-state index contributed by atoms with van der Waals surface area (Å²) in [5, 5.41) is 11.1. The first-order chi connectivity index (χ1) is 8.08. The minimum absolute atomic E-state index is 0.0119. The Morgan fingerprint density at radius 3 is 2.88 bits per heavy atom. The van der Waals surface area contributed by atoms with Crippen molar-refractivity contribution in [1.82, 2.24) is 4.98 Å². The largest absolute Gasteiger partial charge is 0.299 e. The van der Waals surface area contributed by atoms with Gasteiger partial charge in [-0.2, -0.15) is 0 Å². The molecule has 2 atom stereocenters. The summed E-state index contributed by atoms with van der Waals surface area (Å²) in [6.45, 7) is 0. The van der Waals surface area contributed by atoms with Gasteiger partial charge in [-0.15, -0.1) is 0 Å². The van der Waals surface area contributed by atoms with Gasteiger partial charge < -0.3 is 0 Å². The molecule has 17 heavy (non-hydrogen) atoms. The SMILES string of the molecule is O=C1CC[C@H]([N+](=O)[O-])CC1c1cccc(Cl)n1. The molecule has 2 rings (SSSR count). The second kappa shape index (κ2) is 4.79. The van der Waals surface area contributed by atoms with E-state index in [1.807, 2.05) is 0 Å². The number of ketones is 1. The number of hydrogen-bond donors (Lipinski definition) is 0. The number of nitrogens with zero attached hydrogens (tertiary/aromatic N) is 2. The van der Waals surface area contributed by atoms with Crippen molar-refractivity contribution in [2.45, 2.75) is 31.2 Å². The Balaban J connectivity index is 2.23. The quantitative estimate of drug-likeness (QED) is 0.461. The number of rotatable bonds is 2. The van der Waals surface area contributed by atoms with Gasteiger partial charge in [-0.05, 0) is 12.1 Å². The van der Waals surface area contributed by atoms with Crippen LogP contribution in [0.25, 0.3) is 0 Å². The van der Waals surface area contributed by atoms with Gasteiger partial charge in [-0.1, -0.05) is 17.7 Å². The summed E-state index contributed by atoms with van der Waals surface area (Å²) in [4.78, 5) is 26.3. The van der Waals surface area contributed by atoms with Crippen LogP contribution in [-0.2, 0) is 4.79 Å². The lowest BCUT2D eigenvalue weighted by atomic mass is 9.82. The molecule has 0 radical (unpaired) electrons. The molecule has 6 heteroatoms. The fourth-order valence-electron chi connectivity index (χ4n) is 2.10. The highest BCUT2D eigenvalue weighted by molar-refractivity contribution is 6.29. The molecule has 1 fully saturated rings. The number of nitro groups is 1. The van der Waals surface area contributed by atoms with Gasteiger partial charge in [0.25, 0.3) is 0 Å². The minimum Gasteiger partial charge on any atom is -0.299 e. The fourth-order valence-corrected chi connectivity index (χ4v) is 2.27. The zero-order valence-corrected chi connectivity index (χ0v) is 9.76. The predicted molar refractivity (Wildman–Crippen MR) is 61.6 cm³/mol. The van der Waals surface area contributed by atoms with Crippen LogP contribution < -0.4 is 0 Å². The van der Waals surface area contributed by atoms with Crippen LogP contribution >= 0.6 is 11.6 Å². The Hall–Kier alpha value is -1.49. The molecule has 0 amide bonds. The first-order valence-electron chi connectivity index (χ1n) is 5.36. The van der Waals surface area contributed by atoms with Crippen LogP contribution in [0.4, 0.5) is 0 Å². The molecule has 1 aliphatic carbocycles. The molecule has 1 saturated carbocycles. The number of aromatic nitrogens is 1. The van der Waals surface area contributed by atoms with Gasteiger partial charge in [0.2, 0.25) is 6.04 Å². The maximum absolute atomic E-state index is 11.8. The molecule has 0 saturated heterocycles. The molecule has 1 unspecified atom stereocenters. The third-order valence-corrected chi connectivity index (χ3v) is 3.22. The standard InChI is InChI=1S/C11H11ClN2O3/c12-11-3-1-2-9(13-11)8-6-7(14(16)17)4-5-10(8)15/h1-3,7-8H,4-6H2/t7-,8?/m0/s1. The second-order valence-corrected chi connectivity index (χ2v) is 4.50. The van der Waals surface area contributed by atoms with Crippen LogP contribution in [0.5, 0.6) is 0 Å². The topological polar surface area (TPSA) is 73.1 Å². The Morgan fingerprint density at radius 1 is 1.47 bits per heavy atom. The highest BCUT2D eigenvalue weighted by atomic mass is 35.5. The zero-order valence-electron chi connectivity index (χ0n) is 9.01. The van der Waals surface area contributed by atoms with E-state index in [0.717, 1.165) is 0 Å². The van der Waals surface area contributed by atoms with E-state index in [-0.39, 0.29) is 23.5 Å². The average molecular weight is 255 g/mol. The Bertz CT molecular complexity index is 464. The molecule has 0 N–H and O–H groups in total. The lowest BCUT2D eigenvalue weighted by molar-refractivity contribution is -0.525. The lowest BCUT2D eigenvalue weighted by Gasteiger charge is -2.22. The van der Waals surface area contributed by atoms with Crippen molar-refractivity contribution in [3.05, 3.63) is 39.2 Å². The van der Waals surface area contributed by atoms with Crippen molar-refractivity contribution in [3.8, 4) is 0 Å². The minimum atomic E-state index is -0.654. The van der Waals surface area contributed by atoms with Crippen molar-refractivity contribution in [2.24, 2.45) is 0 Å². The number of hydrogen-bond acceptors (Lipinski definition) is 4. The molecule has 1 heterocycles. The molecule has 1 aromatic heterocycles. The van der Waals surface area contributed by atoms with Crippen molar-refractivity contribution in [3.63, 3.8) is 0 Å². The first-order valence-corrected chi connectivity index (χ1v) is 5.74. The highest BCUT2D eigenvalue weighted by Crippen LogP contribution is 2.30. The van der Waals surface area contributed by atoms with Crippen LogP contribution in [0, 0.1) is 10.1 Å². The predicted octanol–water partition coefficient (Wildman–Crippen LogP) is 2.22. The Kier molecular flexibility index (Phi) is 3.38. The van der Waals surface area contributed by atoms with E-state index in [1.54, 1.807) is 18.2 Å². The second-order valence-electron chi connectivity index (χ2n) is 4.12. The van der Waals surface area contributed by atoms with Gasteiger partial charge in [0.1, 0.15) is 10.9 Å². The van der Waals surface area contributed by atoms with Gasteiger partial charge in [0, 0.05) is 24.2 Å². The average Bonchev–Trinajstić information content (AvgIpc) is 2.29. The molecule has 0 aliphatic heterocycles. The number of carbonyl (C=O) groups excluding carboxylic acids is 1. The third kappa shape index (κ3) is 2.61. The van der Waals surface area contributed by atoms with Crippen LogP contribution in [0.1, 0.15) is 30.9 Å². The van der Waals surface area contributed by atoms with Crippen LogP contribution in [-0.4, -0.2) is 21.7 Å². The van der Waals surface area contributed by atoms with Gasteiger partial charge in [0.15, 0.2) is 0 Å². The van der Waals surface area contributed by atoms with Gasteiger partial charge in [-0.3, -0.25) is 14.9 Å². The van der Waals surface area contributed by atoms with E-state index >= 15 is 0 Å². The van der Waals surface area contributed by atoms with Crippen molar-refractivity contribution in [1.29, 1.82) is 0 Å². The summed E-state index contributed by atoms with van der Waals surface area (Å²) in [6, 6.07) is 4.35. The highest BCUT2D eigenvalue weighted by Gasteiger charge is 2.36. The van der Waals surface area contributed by atoms with E-state index < -0.39 is 12.0 Å². The lowest BCUT2D eigenvalue weighted by Crippen LogP contribution is -2.32. The molecule has 1 aromatic rings. The first kappa shape index (κ1) is 12.0. The summed E-state index contributed by atoms with van der Waals surface area (Å²) >= 11 is 5.75. The molecule has 0 aromatic carbocycles. The summed E-state index contributed by atoms with van der Waals surface area (Å²) in [6.07, 6.45) is 0.784. The Morgan fingerprint density at radius 2 is 2.24 bits per heavy atom. The van der Waals surface area contributed by atoms with E-state index in [2.05, 4.69) is 4.98 Å². The summed E-state index contributed by atoms with van der Waals surface area (Å²) in [5.41, 5.74) is 0.536. The van der Waals surface area contributed by atoms with E-state index in [1.165, 1.54) is 0 Å². The maximum Gasteiger partial charge on any atom is 0.214 e. The van der Waals surface area contributed by atoms with Crippen LogP contribution in [0.2, 0.25) is 5.15 Å². The number of carbonyl (C=O) groups is 1. The summed E-state index contributed by atoms with van der Waals surface area (Å²) in [7, 11) is 0. The van der Waals surface area contributed by atoms with Crippen LogP contribution in [0.3, 0.4) is 0 Å². The molecule has 0 bridgehead atoms. The monoisotopic (exact) mass is 254 g/mol. The third-order valence-electron chi connectivity index (χ3n) is 3.01. The zero-order chi connectivity index (χ0) is 12.4. The number of Topliss-reactive ketones (excluding diaryl/α,β-unsaturated/α-hetero) is 1. The molecule has 1 aliphatic rings. The normalized spacial score (nSPS) is 24.6. The number of halogens is 1. The summed E-state index contributed by atoms with van der Waals surface area (Å²) in [5.74, 6) is -0.476. The Labute approximate surface area is 103 Å². The van der Waals surface area contributed by atoms with E-state index in [4.69, 9.17) is 11.6 Å². The van der Waals surface area contributed by atoms with Crippen molar-refractivity contribution in [2.75, 3.05) is 0 Å². The molecule has 5 nitrogen and oxygen atoms in total. The van der Waals surface area contributed by atoms with Crippen LogP contribution in [0.15, 0.2) is 18.2 Å². The molecular formula is C11H11ClN2O3. The maximum atomic E-state index is 11.8. The van der Waals surface area contributed by atoms with Crippen molar-refractivity contribution < 1.29 is 9.72 Å². The molecular weight excluding hydrogens is 244 g/mol. The fraction of sp³-hybridized carbons (Fsp3) is 0.455. The number of pyridine rings is 1.